The summed E-state index contributed by atoms with van der Waals surface area (Å²) in [6.45, 7) is 0. The number of fused-ring (bicyclic) bond motifs is 1. The van der Waals surface area contributed by atoms with Gasteiger partial charge in [0.15, 0.2) is 0 Å². The monoisotopic (exact) mass is 434 g/mol. The number of nitrogens with zero attached hydrogens (tertiary/aromatic N) is 1. The lowest BCUT2D eigenvalue weighted by Gasteiger charge is -2.25. The Morgan fingerprint density at radius 1 is 1.17 bits per heavy atom. The molecular weight excluding hydrogens is 420 g/mol. The largest absolute Gasteiger partial charge is 0.479 e. The van der Waals surface area contributed by atoms with Crippen molar-refractivity contribution in [1.82, 2.24) is 0 Å². The first kappa shape index (κ1) is 20.6. The topological polar surface area (TPSA) is 133 Å². The number of carboxylic acid groups (broad SMARTS) is 2. The molecule has 0 amide bonds. The molecule has 1 atom stereocenters. The second kappa shape index (κ2) is 7.34. The number of anilines is 1. The smallest absolute Gasteiger partial charge is 0.341 e. The molecule has 2 aromatic rings. The van der Waals surface area contributed by atoms with Gasteiger partial charge >= 0.3 is 11.9 Å². The maximum atomic E-state index is 12.5. The van der Waals surface area contributed by atoms with Crippen LogP contribution >= 0.6 is 11.6 Å². The van der Waals surface area contributed by atoms with E-state index in [0.717, 1.165) is 12.3 Å². The van der Waals surface area contributed by atoms with Gasteiger partial charge in [0.05, 0.1) is 11.6 Å². The summed E-state index contributed by atoms with van der Waals surface area (Å²) < 4.78 is 25.4. The molecule has 0 aromatic heterocycles. The first-order valence-corrected chi connectivity index (χ1v) is 10.4. The van der Waals surface area contributed by atoms with Gasteiger partial charge in [-0.05, 0) is 35.9 Å². The van der Waals surface area contributed by atoms with E-state index in [2.05, 4.69) is 9.71 Å². The summed E-state index contributed by atoms with van der Waals surface area (Å²) in [7, 11) is -3.60. The van der Waals surface area contributed by atoms with Crippen molar-refractivity contribution < 1.29 is 28.2 Å². The number of halogens is 1. The minimum atomic E-state index is -3.60. The maximum absolute atomic E-state index is 12.5. The van der Waals surface area contributed by atoms with Gasteiger partial charge in [0.2, 0.25) is 15.6 Å². The first-order valence-electron chi connectivity index (χ1n) is 8.16. The van der Waals surface area contributed by atoms with Gasteiger partial charge in [0.1, 0.15) is 0 Å². The summed E-state index contributed by atoms with van der Waals surface area (Å²) in [6, 6.07) is 10.4. The molecule has 0 saturated carbocycles. The molecule has 150 valence electrons. The summed E-state index contributed by atoms with van der Waals surface area (Å²) in [5.74, 6) is -2.61. The van der Waals surface area contributed by atoms with E-state index in [1.54, 1.807) is 12.1 Å². The highest BCUT2D eigenvalue weighted by molar-refractivity contribution is 7.92. The lowest BCUT2D eigenvalue weighted by atomic mass is 9.83. The Kier molecular flexibility index (Phi) is 5.20. The zero-order chi connectivity index (χ0) is 21.4. The molecule has 0 aliphatic carbocycles. The van der Waals surface area contributed by atoms with Crippen LogP contribution in [0.2, 0.25) is 5.02 Å². The lowest BCUT2D eigenvalue weighted by Crippen LogP contribution is -2.34. The van der Waals surface area contributed by atoms with E-state index >= 15 is 0 Å². The predicted octanol–water partition coefficient (Wildman–Crippen LogP) is 1.12. The third-order valence-corrected chi connectivity index (χ3v) is 5.06. The van der Waals surface area contributed by atoms with E-state index in [0.29, 0.717) is 10.2 Å². The molecular formula is C19H15ClN2O6S. The van der Waals surface area contributed by atoms with Gasteiger partial charge in [-0.3, -0.25) is 9.71 Å². The van der Waals surface area contributed by atoms with Crippen molar-refractivity contribution in [3.8, 4) is 0 Å². The molecule has 2 aromatic carbocycles. The van der Waals surface area contributed by atoms with Gasteiger partial charge in [0.25, 0.3) is 0 Å². The fourth-order valence-electron chi connectivity index (χ4n) is 3.15. The summed E-state index contributed by atoms with van der Waals surface area (Å²) in [5.41, 5.74) is -1.56. The average molecular weight is 435 g/mol. The normalized spacial score (nSPS) is 18.3. The van der Waals surface area contributed by atoms with Crippen molar-refractivity contribution in [3.63, 3.8) is 0 Å². The van der Waals surface area contributed by atoms with Crippen LogP contribution in [0.1, 0.15) is 5.56 Å². The Morgan fingerprint density at radius 2 is 1.90 bits per heavy atom. The van der Waals surface area contributed by atoms with Crippen molar-refractivity contribution in [2.45, 2.75) is 5.54 Å². The van der Waals surface area contributed by atoms with Crippen LogP contribution in [0.15, 0.2) is 59.6 Å². The zero-order valence-electron chi connectivity index (χ0n) is 15.0. The summed E-state index contributed by atoms with van der Waals surface area (Å²) in [6.07, 6.45) is 2.97. The van der Waals surface area contributed by atoms with Crippen molar-refractivity contribution in [3.05, 3.63) is 75.8 Å². The standard InChI is InChI=1S/C19H15ClN2O6S/c1-29(27,28)22-13-4-2-3-11(9-13)19(18(25)26)15(7-8-17(23)24)14-6-5-12(20)10-16(14)21-19/h2-10,22H,1H3,(H,23,24)(H,25,26). The molecule has 1 aliphatic heterocycles. The van der Waals surface area contributed by atoms with Crippen molar-refractivity contribution >= 4 is 44.8 Å². The van der Waals surface area contributed by atoms with Crippen LogP contribution < -0.4 is 15.3 Å². The molecule has 0 saturated heterocycles. The van der Waals surface area contributed by atoms with Crippen LogP contribution in [0.3, 0.4) is 0 Å². The van der Waals surface area contributed by atoms with Crippen LogP contribution in [-0.4, -0.2) is 36.8 Å². The predicted molar refractivity (Wildman–Crippen MR) is 107 cm³/mol. The van der Waals surface area contributed by atoms with E-state index in [1.807, 2.05) is 0 Å². The van der Waals surface area contributed by atoms with Gasteiger partial charge in [-0.15, -0.1) is 0 Å². The molecule has 0 fully saturated rings. The second-order valence-electron chi connectivity index (χ2n) is 6.33. The lowest BCUT2D eigenvalue weighted by molar-refractivity contribution is -0.141. The molecule has 0 radical (unpaired) electrons. The Morgan fingerprint density at radius 3 is 2.52 bits per heavy atom. The third kappa shape index (κ3) is 4.01. The van der Waals surface area contributed by atoms with Crippen LogP contribution in [0, 0.1) is 0 Å². The second-order valence-corrected chi connectivity index (χ2v) is 8.51. The molecule has 0 spiro atoms. The number of nitrogens with one attached hydrogen (secondary N) is 1. The SMILES string of the molecule is CS(=O)(=O)Nc1cccc(C2(C(=O)O)N=c3cc(Cl)ccc3=C2C=CC(=O)O)c1. The van der Waals surface area contributed by atoms with Crippen LogP contribution in [0.25, 0.3) is 5.57 Å². The molecule has 1 heterocycles. The fourth-order valence-corrected chi connectivity index (χ4v) is 3.88. The average Bonchev–Trinajstić information content (AvgIpc) is 2.93. The molecule has 10 heteroatoms. The Hall–Kier alpha value is -3.17. The van der Waals surface area contributed by atoms with Crippen molar-refractivity contribution in [2.24, 2.45) is 4.99 Å². The number of rotatable bonds is 6. The number of sulfonamides is 1. The van der Waals surface area contributed by atoms with Crippen molar-refractivity contribution in [1.29, 1.82) is 0 Å². The summed E-state index contributed by atoms with van der Waals surface area (Å²) >= 11 is 6.01. The minimum absolute atomic E-state index is 0.121. The Labute approximate surface area is 170 Å². The molecule has 0 bridgehead atoms. The summed E-state index contributed by atoms with van der Waals surface area (Å²) in [5, 5.41) is 20.2. The van der Waals surface area contributed by atoms with Gasteiger partial charge in [-0.1, -0.05) is 29.8 Å². The number of hydrogen-bond donors (Lipinski definition) is 3. The molecule has 1 aliphatic rings. The van der Waals surface area contributed by atoms with Crippen LogP contribution in [0.4, 0.5) is 5.69 Å². The van der Waals surface area contributed by atoms with Gasteiger partial charge in [-0.2, -0.15) is 0 Å². The Bertz CT molecular complexity index is 1290. The van der Waals surface area contributed by atoms with Gasteiger partial charge in [-0.25, -0.2) is 18.0 Å². The number of carboxylic acids is 2. The number of benzene rings is 2. The number of hydrogen-bond acceptors (Lipinski definition) is 5. The van der Waals surface area contributed by atoms with Crippen molar-refractivity contribution in [2.75, 3.05) is 11.0 Å². The highest BCUT2D eigenvalue weighted by atomic mass is 35.5. The minimum Gasteiger partial charge on any atom is -0.479 e. The van der Waals surface area contributed by atoms with E-state index in [-0.39, 0.29) is 22.2 Å². The number of carbonyl (C=O) groups is 2. The Balaban J connectivity index is 2.34. The highest BCUT2D eigenvalue weighted by Crippen LogP contribution is 2.38. The van der Waals surface area contributed by atoms with E-state index in [4.69, 9.17) is 16.7 Å². The fraction of sp³-hybridized carbons (Fsp3) is 0.105. The molecule has 8 nitrogen and oxygen atoms in total. The quantitative estimate of drug-likeness (QED) is 0.583. The highest BCUT2D eigenvalue weighted by Gasteiger charge is 2.46. The van der Waals surface area contributed by atoms with Crippen LogP contribution in [-0.2, 0) is 25.2 Å². The van der Waals surface area contributed by atoms with Crippen LogP contribution in [0.5, 0.6) is 0 Å². The van der Waals surface area contributed by atoms with E-state index < -0.39 is 27.5 Å². The molecule has 3 N–H and O–H groups in total. The molecule has 29 heavy (non-hydrogen) atoms. The number of aliphatic carboxylic acids is 2. The van der Waals surface area contributed by atoms with E-state index in [1.165, 1.54) is 36.4 Å². The van der Waals surface area contributed by atoms with E-state index in [9.17, 15) is 23.1 Å². The maximum Gasteiger partial charge on any atom is 0.341 e. The molecule has 3 rings (SSSR count). The first-order chi connectivity index (χ1) is 13.5. The van der Waals surface area contributed by atoms with Gasteiger partial charge < -0.3 is 10.2 Å². The molecule has 1 unspecified atom stereocenters. The van der Waals surface area contributed by atoms with Gasteiger partial charge in [0, 0.05) is 27.6 Å². The zero-order valence-corrected chi connectivity index (χ0v) is 16.5. The summed E-state index contributed by atoms with van der Waals surface area (Å²) in [4.78, 5) is 27.9. The third-order valence-electron chi connectivity index (χ3n) is 4.21.